The van der Waals surface area contributed by atoms with Crippen LogP contribution < -0.4 is 10.6 Å². The van der Waals surface area contributed by atoms with E-state index in [-0.39, 0.29) is 5.91 Å². The SMILES string of the molecule is Cc1cccc(NC(=O)c2cnc(NCCCc3ccccc3)nc2)c1C. The number of nitrogens with zero attached hydrogens (tertiary/aromatic N) is 2. The third-order valence-electron chi connectivity index (χ3n) is 4.54. The van der Waals surface area contributed by atoms with Gasteiger partial charge in [-0.25, -0.2) is 9.97 Å². The van der Waals surface area contributed by atoms with Gasteiger partial charge in [0.25, 0.3) is 5.91 Å². The molecule has 0 bridgehead atoms. The fraction of sp³-hybridized carbons (Fsp3) is 0.227. The topological polar surface area (TPSA) is 66.9 Å². The second-order valence-electron chi connectivity index (χ2n) is 6.51. The molecule has 2 N–H and O–H groups in total. The Morgan fingerprint density at radius 3 is 2.44 bits per heavy atom. The summed E-state index contributed by atoms with van der Waals surface area (Å²) < 4.78 is 0. The van der Waals surface area contributed by atoms with Gasteiger partial charge in [0.05, 0.1) is 5.56 Å². The van der Waals surface area contributed by atoms with Crippen molar-refractivity contribution in [2.75, 3.05) is 17.2 Å². The molecule has 0 aliphatic heterocycles. The van der Waals surface area contributed by atoms with E-state index < -0.39 is 0 Å². The van der Waals surface area contributed by atoms with Gasteiger partial charge in [0.15, 0.2) is 0 Å². The molecule has 0 atom stereocenters. The molecule has 0 saturated heterocycles. The normalized spacial score (nSPS) is 10.4. The summed E-state index contributed by atoms with van der Waals surface area (Å²) in [7, 11) is 0. The van der Waals surface area contributed by atoms with Crippen molar-refractivity contribution in [2.24, 2.45) is 0 Å². The maximum atomic E-state index is 12.4. The minimum Gasteiger partial charge on any atom is -0.354 e. The number of nitrogens with one attached hydrogen (secondary N) is 2. The van der Waals surface area contributed by atoms with Gasteiger partial charge in [-0.05, 0) is 49.4 Å². The number of anilines is 2. The largest absolute Gasteiger partial charge is 0.354 e. The molecule has 27 heavy (non-hydrogen) atoms. The Labute approximate surface area is 159 Å². The maximum absolute atomic E-state index is 12.4. The Bertz CT molecular complexity index is 892. The summed E-state index contributed by atoms with van der Waals surface area (Å²) in [6.07, 6.45) is 5.09. The molecule has 3 aromatic rings. The van der Waals surface area contributed by atoms with Crippen LogP contribution in [0.15, 0.2) is 60.9 Å². The molecule has 1 heterocycles. The molecule has 5 nitrogen and oxygen atoms in total. The average Bonchev–Trinajstić information content (AvgIpc) is 2.70. The predicted octanol–water partition coefficient (Wildman–Crippen LogP) is 4.39. The third kappa shape index (κ3) is 5.14. The van der Waals surface area contributed by atoms with Gasteiger partial charge in [-0.15, -0.1) is 0 Å². The van der Waals surface area contributed by atoms with Gasteiger partial charge in [-0.1, -0.05) is 42.5 Å². The summed E-state index contributed by atoms with van der Waals surface area (Å²) in [4.78, 5) is 20.9. The number of benzene rings is 2. The lowest BCUT2D eigenvalue weighted by atomic mass is 10.1. The Kier molecular flexibility index (Phi) is 6.15. The van der Waals surface area contributed by atoms with Gasteiger partial charge in [-0.2, -0.15) is 0 Å². The Morgan fingerprint density at radius 2 is 1.70 bits per heavy atom. The summed E-state index contributed by atoms with van der Waals surface area (Å²) in [5.41, 5.74) is 4.76. The highest BCUT2D eigenvalue weighted by Gasteiger charge is 2.09. The molecule has 0 aliphatic rings. The van der Waals surface area contributed by atoms with Crippen LogP contribution in [0.3, 0.4) is 0 Å². The van der Waals surface area contributed by atoms with E-state index in [9.17, 15) is 4.79 Å². The molecule has 1 amide bonds. The van der Waals surface area contributed by atoms with Gasteiger partial charge >= 0.3 is 0 Å². The molecule has 0 unspecified atom stereocenters. The molecular formula is C22H24N4O. The van der Waals surface area contributed by atoms with Crippen molar-refractivity contribution in [3.05, 3.63) is 83.2 Å². The molecular weight excluding hydrogens is 336 g/mol. The fourth-order valence-corrected chi connectivity index (χ4v) is 2.75. The van der Waals surface area contributed by atoms with E-state index in [1.807, 2.05) is 50.2 Å². The fourth-order valence-electron chi connectivity index (χ4n) is 2.75. The van der Waals surface area contributed by atoms with E-state index in [0.29, 0.717) is 11.5 Å². The number of hydrogen-bond donors (Lipinski definition) is 2. The summed E-state index contributed by atoms with van der Waals surface area (Å²) >= 11 is 0. The Morgan fingerprint density at radius 1 is 0.963 bits per heavy atom. The number of aromatic nitrogens is 2. The van der Waals surface area contributed by atoms with E-state index in [4.69, 9.17) is 0 Å². The molecule has 2 aromatic carbocycles. The number of amides is 1. The summed E-state index contributed by atoms with van der Waals surface area (Å²) in [5.74, 6) is 0.325. The highest BCUT2D eigenvalue weighted by molar-refractivity contribution is 6.04. The monoisotopic (exact) mass is 360 g/mol. The number of carbonyl (C=O) groups excluding carboxylic acids is 1. The van der Waals surface area contributed by atoms with Crippen molar-refractivity contribution < 1.29 is 4.79 Å². The second-order valence-corrected chi connectivity index (χ2v) is 6.51. The van der Waals surface area contributed by atoms with Gasteiger partial charge in [0, 0.05) is 24.6 Å². The van der Waals surface area contributed by atoms with Crippen LogP contribution in [0.5, 0.6) is 0 Å². The van der Waals surface area contributed by atoms with Crippen molar-refractivity contribution in [2.45, 2.75) is 26.7 Å². The van der Waals surface area contributed by atoms with Crippen LogP contribution in [-0.2, 0) is 6.42 Å². The first-order valence-electron chi connectivity index (χ1n) is 9.11. The van der Waals surface area contributed by atoms with Crippen molar-refractivity contribution in [1.29, 1.82) is 0 Å². The molecule has 138 valence electrons. The highest BCUT2D eigenvalue weighted by atomic mass is 16.1. The first kappa shape index (κ1) is 18.6. The molecule has 0 radical (unpaired) electrons. The van der Waals surface area contributed by atoms with E-state index in [1.165, 1.54) is 5.56 Å². The molecule has 1 aromatic heterocycles. The van der Waals surface area contributed by atoms with Crippen molar-refractivity contribution >= 4 is 17.5 Å². The van der Waals surface area contributed by atoms with Crippen LogP contribution in [0.2, 0.25) is 0 Å². The maximum Gasteiger partial charge on any atom is 0.258 e. The first-order valence-corrected chi connectivity index (χ1v) is 9.11. The summed E-state index contributed by atoms with van der Waals surface area (Å²) in [6.45, 7) is 4.79. The number of rotatable bonds is 7. The zero-order valence-corrected chi connectivity index (χ0v) is 15.7. The Hall–Kier alpha value is -3.21. The van der Waals surface area contributed by atoms with Gasteiger partial charge in [0.2, 0.25) is 5.95 Å². The smallest absolute Gasteiger partial charge is 0.258 e. The summed E-state index contributed by atoms with van der Waals surface area (Å²) in [5, 5.41) is 6.11. The van der Waals surface area contributed by atoms with Gasteiger partial charge in [0.1, 0.15) is 0 Å². The lowest BCUT2D eigenvalue weighted by molar-refractivity contribution is 0.102. The third-order valence-corrected chi connectivity index (χ3v) is 4.54. The molecule has 0 saturated carbocycles. The van der Waals surface area contributed by atoms with E-state index >= 15 is 0 Å². The van der Waals surface area contributed by atoms with Crippen LogP contribution in [0.1, 0.15) is 33.5 Å². The molecule has 0 spiro atoms. The Balaban J connectivity index is 1.50. The van der Waals surface area contributed by atoms with Gasteiger partial charge in [-0.3, -0.25) is 4.79 Å². The van der Waals surface area contributed by atoms with Crippen LogP contribution in [0, 0.1) is 13.8 Å². The van der Waals surface area contributed by atoms with Gasteiger partial charge < -0.3 is 10.6 Å². The average molecular weight is 360 g/mol. The predicted molar refractivity (Wildman–Crippen MR) is 109 cm³/mol. The minimum atomic E-state index is -0.209. The summed E-state index contributed by atoms with van der Waals surface area (Å²) in [6, 6.07) is 16.2. The zero-order chi connectivity index (χ0) is 19.1. The highest BCUT2D eigenvalue weighted by Crippen LogP contribution is 2.18. The number of aryl methyl sites for hydroxylation is 2. The molecule has 0 fully saturated rings. The van der Waals surface area contributed by atoms with Crippen LogP contribution >= 0.6 is 0 Å². The van der Waals surface area contributed by atoms with Crippen molar-refractivity contribution in [3.8, 4) is 0 Å². The minimum absolute atomic E-state index is 0.209. The van der Waals surface area contributed by atoms with Crippen LogP contribution in [-0.4, -0.2) is 22.4 Å². The van der Waals surface area contributed by atoms with Crippen molar-refractivity contribution in [1.82, 2.24) is 9.97 Å². The number of carbonyl (C=O) groups is 1. The molecule has 0 aliphatic carbocycles. The van der Waals surface area contributed by atoms with Crippen LogP contribution in [0.4, 0.5) is 11.6 Å². The standard InChI is InChI=1S/C22H24N4O/c1-16-8-6-12-20(17(16)2)26-21(27)19-14-24-22(25-15-19)23-13-7-11-18-9-4-3-5-10-18/h3-6,8-10,12,14-15H,7,11,13H2,1-2H3,(H,26,27)(H,23,24,25). The van der Waals surface area contributed by atoms with E-state index in [2.05, 4.69) is 32.7 Å². The number of hydrogen-bond acceptors (Lipinski definition) is 4. The van der Waals surface area contributed by atoms with E-state index in [0.717, 1.165) is 36.2 Å². The lowest BCUT2D eigenvalue weighted by Gasteiger charge is -2.10. The van der Waals surface area contributed by atoms with Crippen LogP contribution in [0.25, 0.3) is 0 Å². The quantitative estimate of drug-likeness (QED) is 0.613. The molecule has 5 heteroatoms. The second kappa shape index (κ2) is 8.94. The molecule has 3 rings (SSSR count). The van der Waals surface area contributed by atoms with Crippen molar-refractivity contribution in [3.63, 3.8) is 0 Å². The zero-order valence-electron chi connectivity index (χ0n) is 15.7. The first-order chi connectivity index (χ1) is 13.1. The van der Waals surface area contributed by atoms with E-state index in [1.54, 1.807) is 12.4 Å². The lowest BCUT2D eigenvalue weighted by Crippen LogP contribution is -2.14.